The molecule has 2 rings (SSSR count). The number of urea groups is 1. The fraction of sp³-hybridized carbons (Fsp3) is 0.583. The average Bonchev–Trinajstić information content (AvgIpc) is 2.83. The summed E-state index contributed by atoms with van der Waals surface area (Å²) in [6.45, 7) is 1.62. The van der Waals surface area contributed by atoms with E-state index in [1.54, 1.807) is 24.4 Å². The van der Waals surface area contributed by atoms with Crippen LogP contribution < -0.4 is 5.32 Å². The second kappa shape index (κ2) is 5.61. The van der Waals surface area contributed by atoms with E-state index in [2.05, 4.69) is 5.32 Å². The number of alkyl halides is 3. The van der Waals surface area contributed by atoms with Gasteiger partial charge < -0.3 is 4.90 Å². The van der Waals surface area contributed by atoms with Crippen molar-refractivity contribution >= 4 is 22.4 Å². The molecule has 2 heterocycles. The molecule has 1 aliphatic heterocycles. The van der Waals surface area contributed by atoms with Crippen LogP contribution in [0.3, 0.4) is 0 Å². The molecule has 112 valence electrons. The fourth-order valence-corrected chi connectivity index (χ4v) is 2.81. The number of hydrogen-bond donors (Lipinski definition) is 1. The van der Waals surface area contributed by atoms with Crippen LogP contribution in [0.2, 0.25) is 0 Å². The van der Waals surface area contributed by atoms with Crippen molar-refractivity contribution in [3.8, 4) is 0 Å². The Morgan fingerprint density at radius 2 is 2.15 bits per heavy atom. The molecule has 2 atom stereocenters. The van der Waals surface area contributed by atoms with Crippen LogP contribution in [0.1, 0.15) is 6.92 Å². The van der Waals surface area contributed by atoms with Crippen LogP contribution in [-0.2, 0) is 0 Å². The predicted molar refractivity (Wildman–Crippen MR) is 72.0 cm³/mol. The molecule has 0 aromatic carbocycles. The van der Waals surface area contributed by atoms with Gasteiger partial charge in [-0.25, -0.2) is 4.79 Å². The van der Waals surface area contributed by atoms with Crippen molar-refractivity contribution in [2.45, 2.75) is 25.2 Å². The lowest BCUT2D eigenvalue weighted by molar-refractivity contribution is -0.196. The molecule has 8 heteroatoms. The standard InChI is InChI=1S/C12H16F3N3OS/c1-8-6-18(7-9(17(8)2)12(13,14)15)11(19)16-10-4-3-5-20-10/h3-5,8-9H,6-7H2,1-2H3,(H,16,19). The predicted octanol–water partition coefficient (Wildman–Crippen LogP) is 2.85. The molecule has 2 amide bonds. The SMILES string of the molecule is CC1CN(C(=O)Nc2cccs2)CC(C(F)(F)F)N1C. The van der Waals surface area contributed by atoms with Gasteiger partial charge >= 0.3 is 12.2 Å². The molecule has 20 heavy (non-hydrogen) atoms. The van der Waals surface area contributed by atoms with E-state index < -0.39 is 18.2 Å². The Hall–Kier alpha value is -1.28. The second-order valence-corrected chi connectivity index (χ2v) is 5.83. The Morgan fingerprint density at radius 3 is 2.70 bits per heavy atom. The zero-order chi connectivity index (χ0) is 14.9. The molecular weight excluding hydrogens is 291 g/mol. The molecular formula is C12H16F3N3OS. The third-order valence-corrected chi connectivity index (χ3v) is 4.27. The van der Waals surface area contributed by atoms with Gasteiger partial charge in [0.05, 0.1) is 5.00 Å². The number of anilines is 1. The number of halogens is 3. The van der Waals surface area contributed by atoms with Crippen molar-refractivity contribution in [3.05, 3.63) is 17.5 Å². The molecule has 2 unspecified atom stereocenters. The number of nitrogens with zero attached hydrogens (tertiary/aromatic N) is 2. The summed E-state index contributed by atoms with van der Waals surface area (Å²) in [4.78, 5) is 14.5. The minimum Gasteiger partial charge on any atom is -0.321 e. The van der Waals surface area contributed by atoms with E-state index in [9.17, 15) is 18.0 Å². The third kappa shape index (κ3) is 3.24. The zero-order valence-corrected chi connectivity index (χ0v) is 12.0. The first-order valence-electron chi connectivity index (χ1n) is 6.17. The van der Waals surface area contributed by atoms with E-state index in [4.69, 9.17) is 0 Å². The number of amides is 2. The van der Waals surface area contributed by atoms with Gasteiger partial charge in [-0.3, -0.25) is 10.2 Å². The van der Waals surface area contributed by atoms with Crippen LogP contribution in [0.5, 0.6) is 0 Å². The maximum atomic E-state index is 13.0. The molecule has 0 bridgehead atoms. The summed E-state index contributed by atoms with van der Waals surface area (Å²) in [6, 6.07) is 1.03. The van der Waals surface area contributed by atoms with E-state index in [1.165, 1.54) is 28.2 Å². The average molecular weight is 307 g/mol. The summed E-state index contributed by atoms with van der Waals surface area (Å²) in [5.74, 6) is 0. The summed E-state index contributed by atoms with van der Waals surface area (Å²) >= 11 is 1.33. The van der Waals surface area contributed by atoms with Crippen molar-refractivity contribution in [2.24, 2.45) is 0 Å². The maximum absolute atomic E-state index is 13.0. The molecule has 0 saturated carbocycles. The van der Waals surface area contributed by atoms with Gasteiger partial charge in [0.1, 0.15) is 6.04 Å². The minimum absolute atomic E-state index is 0.278. The number of rotatable bonds is 1. The molecule has 1 fully saturated rings. The molecule has 1 aliphatic rings. The van der Waals surface area contributed by atoms with E-state index in [0.29, 0.717) is 5.00 Å². The van der Waals surface area contributed by atoms with Crippen molar-refractivity contribution in [1.82, 2.24) is 9.80 Å². The van der Waals surface area contributed by atoms with Crippen molar-refractivity contribution < 1.29 is 18.0 Å². The molecule has 4 nitrogen and oxygen atoms in total. The molecule has 0 spiro atoms. The third-order valence-electron chi connectivity index (χ3n) is 3.48. The summed E-state index contributed by atoms with van der Waals surface area (Å²) in [5, 5.41) is 5.04. The number of nitrogens with one attached hydrogen (secondary N) is 1. The molecule has 0 radical (unpaired) electrons. The Balaban J connectivity index is 2.07. The smallest absolute Gasteiger partial charge is 0.321 e. The largest absolute Gasteiger partial charge is 0.405 e. The number of hydrogen-bond acceptors (Lipinski definition) is 3. The lowest BCUT2D eigenvalue weighted by Gasteiger charge is -2.44. The van der Waals surface area contributed by atoms with E-state index >= 15 is 0 Å². The molecule has 0 aliphatic carbocycles. The summed E-state index contributed by atoms with van der Waals surface area (Å²) in [6.07, 6.45) is -4.34. The van der Waals surface area contributed by atoms with Crippen LogP contribution in [0.15, 0.2) is 17.5 Å². The summed E-state index contributed by atoms with van der Waals surface area (Å²) in [5.41, 5.74) is 0. The number of carbonyl (C=O) groups is 1. The first-order valence-corrected chi connectivity index (χ1v) is 7.05. The number of piperazine rings is 1. The van der Waals surface area contributed by atoms with Gasteiger partial charge in [0.2, 0.25) is 0 Å². The van der Waals surface area contributed by atoms with Gasteiger partial charge in [-0.05, 0) is 31.5 Å². The summed E-state index contributed by atoms with van der Waals surface area (Å²) < 4.78 is 38.9. The highest BCUT2D eigenvalue weighted by Crippen LogP contribution is 2.29. The van der Waals surface area contributed by atoms with Crippen LogP contribution in [0.4, 0.5) is 23.0 Å². The molecule has 1 saturated heterocycles. The van der Waals surface area contributed by atoms with Crippen molar-refractivity contribution in [1.29, 1.82) is 0 Å². The van der Waals surface area contributed by atoms with Crippen molar-refractivity contribution in [3.63, 3.8) is 0 Å². The Bertz CT molecular complexity index is 463. The number of carbonyl (C=O) groups excluding carboxylic acids is 1. The fourth-order valence-electron chi connectivity index (χ4n) is 2.20. The lowest BCUT2D eigenvalue weighted by atomic mass is 10.1. The Kier molecular flexibility index (Phi) is 4.24. The normalized spacial score (nSPS) is 24.8. The zero-order valence-electron chi connectivity index (χ0n) is 11.1. The van der Waals surface area contributed by atoms with E-state index in [0.717, 1.165) is 0 Å². The first kappa shape index (κ1) is 15.1. The molecule has 1 aromatic heterocycles. The van der Waals surface area contributed by atoms with E-state index in [-0.39, 0.29) is 19.1 Å². The topological polar surface area (TPSA) is 35.6 Å². The van der Waals surface area contributed by atoms with E-state index in [1.807, 2.05) is 0 Å². The van der Waals surface area contributed by atoms with Crippen LogP contribution in [0.25, 0.3) is 0 Å². The Morgan fingerprint density at radius 1 is 1.45 bits per heavy atom. The van der Waals surface area contributed by atoms with Gasteiger partial charge in [-0.15, -0.1) is 11.3 Å². The quantitative estimate of drug-likeness (QED) is 0.866. The summed E-state index contributed by atoms with van der Waals surface area (Å²) in [7, 11) is 1.44. The van der Waals surface area contributed by atoms with Crippen molar-refractivity contribution in [2.75, 3.05) is 25.5 Å². The highest BCUT2D eigenvalue weighted by atomic mass is 32.1. The lowest BCUT2D eigenvalue weighted by Crippen LogP contribution is -2.62. The number of likely N-dealkylation sites (N-methyl/N-ethyl adjacent to an activating group) is 1. The van der Waals surface area contributed by atoms with Gasteiger partial charge in [-0.2, -0.15) is 13.2 Å². The highest BCUT2D eigenvalue weighted by molar-refractivity contribution is 7.14. The van der Waals surface area contributed by atoms with Gasteiger partial charge in [0.15, 0.2) is 0 Å². The molecule has 1 aromatic rings. The van der Waals surface area contributed by atoms with Gasteiger partial charge in [-0.1, -0.05) is 0 Å². The van der Waals surface area contributed by atoms with Crippen LogP contribution >= 0.6 is 11.3 Å². The van der Waals surface area contributed by atoms with Crippen LogP contribution in [-0.4, -0.2) is 54.2 Å². The first-order chi connectivity index (χ1) is 9.29. The molecule has 1 N–H and O–H groups in total. The Labute approximate surface area is 119 Å². The number of thiophene rings is 1. The highest BCUT2D eigenvalue weighted by Gasteiger charge is 2.47. The second-order valence-electron chi connectivity index (χ2n) is 4.88. The maximum Gasteiger partial charge on any atom is 0.405 e. The monoisotopic (exact) mass is 307 g/mol. The van der Waals surface area contributed by atoms with Gasteiger partial charge in [0.25, 0.3) is 0 Å². The van der Waals surface area contributed by atoms with Crippen LogP contribution in [0, 0.1) is 0 Å². The minimum atomic E-state index is -4.34. The van der Waals surface area contributed by atoms with Gasteiger partial charge in [0, 0.05) is 19.1 Å².